The molecule has 1 aromatic carbocycles. The highest BCUT2D eigenvalue weighted by Crippen LogP contribution is 2.62. The van der Waals surface area contributed by atoms with E-state index < -0.39 is 5.54 Å². The Kier molecular flexibility index (Phi) is 8.50. The first kappa shape index (κ1) is 29.3. The fraction of sp³-hybridized carbons (Fsp3) is 0.771. The lowest BCUT2D eigenvalue weighted by Gasteiger charge is -2.45. The second kappa shape index (κ2) is 12.2. The topological polar surface area (TPSA) is 60.4 Å². The van der Waals surface area contributed by atoms with Crippen LogP contribution >= 0.6 is 11.8 Å². The van der Waals surface area contributed by atoms with Crippen molar-refractivity contribution in [1.29, 1.82) is 0 Å². The van der Waals surface area contributed by atoms with Gasteiger partial charge in [-0.15, -0.1) is 0 Å². The predicted molar refractivity (Wildman–Crippen MR) is 168 cm³/mol. The fourth-order valence-corrected chi connectivity index (χ4v) is 9.97. The minimum absolute atomic E-state index is 0.167. The van der Waals surface area contributed by atoms with Gasteiger partial charge in [0.05, 0.1) is 6.10 Å². The summed E-state index contributed by atoms with van der Waals surface area (Å²) < 4.78 is 17.2. The number of ether oxygens (including phenoxy) is 3. The molecule has 3 unspecified atom stereocenters. The average molecular weight is 595 g/mol. The number of methoxy groups -OCH3 is 1. The molecule has 0 N–H and O–H groups in total. The number of carbonyl (C=O) groups excluding carboxylic acids is 1. The number of nitrogens with zero attached hydrogens (tertiary/aromatic N) is 2. The summed E-state index contributed by atoms with van der Waals surface area (Å²) in [4.78, 5) is 23.1. The van der Waals surface area contributed by atoms with E-state index in [-0.39, 0.29) is 17.4 Å². The van der Waals surface area contributed by atoms with E-state index in [0.29, 0.717) is 11.8 Å². The highest BCUT2D eigenvalue weighted by Gasteiger charge is 2.67. The Labute approximate surface area is 256 Å². The van der Waals surface area contributed by atoms with Crippen LogP contribution in [0.3, 0.4) is 0 Å². The number of thioether (sulfide) groups is 1. The fourth-order valence-electron chi connectivity index (χ4n) is 8.74. The standard InChI is InChI=1S/C35H50N2O4S/c1-24-19-28(24)5-3-25-4-6-29-21-34(13-7-30(39-2)8-14-34)35(31(29)20-25)32(38)37(22-26-9-15-40-16-10-26)33(36-35)42-23-27-11-17-41-18-12-27/h4,6,20,24,26-28,30H,3,5,7-19,21-23H2,1-2H3. The van der Waals surface area contributed by atoms with Crippen molar-refractivity contribution < 1.29 is 19.0 Å². The normalized spacial score (nSPS) is 35.3. The van der Waals surface area contributed by atoms with E-state index in [9.17, 15) is 0 Å². The van der Waals surface area contributed by atoms with Crippen LogP contribution < -0.4 is 0 Å². The molecule has 2 saturated heterocycles. The van der Waals surface area contributed by atoms with Crippen LogP contribution in [-0.2, 0) is 37.4 Å². The molecule has 1 aromatic rings. The third-order valence-electron chi connectivity index (χ3n) is 11.8. The monoisotopic (exact) mass is 594 g/mol. The van der Waals surface area contributed by atoms with Crippen molar-refractivity contribution in [3.8, 4) is 0 Å². The number of fused-ring (bicyclic) bond motifs is 3. The predicted octanol–water partition coefficient (Wildman–Crippen LogP) is 6.39. The van der Waals surface area contributed by atoms with Crippen LogP contribution in [0.4, 0.5) is 0 Å². The van der Waals surface area contributed by atoms with E-state index in [0.717, 1.165) is 120 Å². The van der Waals surface area contributed by atoms with Crippen LogP contribution in [0.25, 0.3) is 0 Å². The summed E-state index contributed by atoms with van der Waals surface area (Å²) in [7, 11) is 1.84. The molecule has 230 valence electrons. The third-order valence-corrected chi connectivity index (χ3v) is 13.0. The third kappa shape index (κ3) is 5.39. The van der Waals surface area contributed by atoms with Crippen molar-refractivity contribution in [1.82, 2.24) is 4.90 Å². The van der Waals surface area contributed by atoms with Crippen LogP contribution in [0.1, 0.15) is 87.8 Å². The van der Waals surface area contributed by atoms with Gasteiger partial charge in [-0.2, -0.15) is 0 Å². The minimum atomic E-state index is -0.799. The number of carbonyl (C=O) groups is 1. The van der Waals surface area contributed by atoms with Gasteiger partial charge in [0.2, 0.25) is 0 Å². The van der Waals surface area contributed by atoms with Crippen LogP contribution in [0.5, 0.6) is 0 Å². The Morgan fingerprint density at radius 2 is 1.71 bits per heavy atom. The zero-order valence-corrected chi connectivity index (χ0v) is 26.6. The van der Waals surface area contributed by atoms with Gasteiger partial charge >= 0.3 is 0 Å². The first-order valence-corrected chi connectivity index (χ1v) is 17.8. The highest BCUT2D eigenvalue weighted by molar-refractivity contribution is 8.13. The van der Waals surface area contributed by atoms with Crippen LogP contribution in [0.15, 0.2) is 23.2 Å². The molecule has 0 radical (unpaired) electrons. The second-order valence-corrected chi connectivity index (χ2v) is 15.3. The molecule has 0 aromatic heterocycles. The van der Waals surface area contributed by atoms with Gasteiger partial charge in [0, 0.05) is 51.2 Å². The van der Waals surface area contributed by atoms with E-state index in [1.54, 1.807) is 0 Å². The molecular weight excluding hydrogens is 544 g/mol. The molecule has 4 fully saturated rings. The Bertz CT molecular complexity index is 1170. The van der Waals surface area contributed by atoms with Gasteiger partial charge in [0.1, 0.15) is 0 Å². The molecule has 3 atom stereocenters. The lowest BCUT2D eigenvalue weighted by Crippen LogP contribution is -2.52. The summed E-state index contributed by atoms with van der Waals surface area (Å²) in [5.41, 5.74) is 3.00. The second-order valence-electron chi connectivity index (χ2n) is 14.3. The summed E-state index contributed by atoms with van der Waals surface area (Å²) >= 11 is 1.85. The van der Waals surface area contributed by atoms with Gasteiger partial charge in [-0.25, -0.2) is 4.99 Å². The summed E-state index contributed by atoms with van der Waals surface area (Å²) in [5, 5.41) is 0.983. The zero-order chi connectivity index (χ0) is 28.7. The van der Waals surface area contributed by atoms with Crippen molar-refractivity contribution in [2.75, 3.05) is 45.8 Å². The van der Waals surface area contributed by atoms with Crippen molar-refractivity contribution in [3.63, 3.8) is 0 Å². The van der Waals surface area contributed by atoms with Crippen LogP contribution in [-0.4, -0.2) is 67.9 Å². The number of benzene rings is 1. The number of hydrogen-bond acceptors (Lipinski definition) is 6. The highest BCUT2D eigenvalue weighted by atomic mass is 32.2. The summed E-state index contributed by atoms with van der Waals surface area (Å²) in [6.07, 6.45) is 13.2. The molecular formula is C35H50N2O4S. The lowest BCUT2D eigenvalue weighted by atomic mass is 9.61. The number of rotatable bonds is 8. The van der Waals surface area contributed by atoms with Crippen molar-refractivity contribution >= 4 is 22.8 Å². The summed E-state index contributed by atoms with van der Waals surface area (Å²) in [6.45, 7) is 6.45. The SMILES string of the molecule is COC1CCC2(CC1)Cc1ccc(CCC3CC3C)cc1C21N=C(SCC2CCOCC2)N(CC2CCOCC2)C1=O. The molecule has 7 heteroatoms. The first-order chi connectivity index (χ1) is 20.5. The Morgan fingerprint density at radius 3 is 2.38 bits per heavy atom. The molecule has 3 aliphatic carbocycles. The minimum Gasteiger partial charge on any atom is -0.381 e. The number of aryl methyl sites for hydroxylation is 1. The number of hydrogen-bond donors (Lipinski definition) is 0. The average Bonchev–Trinajstić information content (AvgIpc) is 3.59. The summed E-state index contributed by atoms with van der Waals surface area (Å²) in [5.74, 6) is 4.12. The Morgan fingerprint density at radius 1 is 1.02 bits per heavy atom. The van der Waals surface area contributed by atoms with Gasteiger partial charge in [-0.1, -0.05) is 36.9 Å². The molecule has 3 heterocycles. The van der Waals surface area contributed by atoms with E-state index in [4.69, 9.17) is 19.2 Å². The van der Waals surface area contributed by atoms with Gasteiger partial charge in [0.15, 0.2) is 10.7 Å². The van der Waals surface area contributed by atoms with Gasteiger partial charge in [-0.3, -0.25) is 9.69 Å². The molecule has 6 aliphatic rings. The number of aliphatic imine (C=N–C) groups is 1. The molecule has 42 heavy (non-hydrogen) atoms. The summed E-state index contributed by atoms with van der Waals surface area (Å²) in [6, 6.07) is 7.13. The van der Waals surface area contributed by atoms with Crippen LogP contribution in [0, 0.1) is 29.1 Å². The molecule has 1 amide bonds. The number of amides is 1. The molecule has 2 saturated carbocycles. The first-order valence-electron chi connectivity index (χ1n) is 16.9. The Hall–Kier alpha value is -1.41. The maximum Gasteiger partial charge on any atom is 0.261 e. The Balaban J connectivity index is 1.25. The van der Waals surface area contributed by atoms with Crippen LogP contribution in [0.2, 0.25) is 0 Å². The molecule has 7 rings (SSSR count). The largest absolute Gasteiger partial charge is 0.381 e. The van der Waals surface area contributed by atoms with Gasteiger partial charge in [-0.05, 0) is 117 Å². The smallest absolute Gasteiger partial charge is 0.261 e. The van der Waals surface area contributed by atoms with Crippen molar-refractivity contribution in [2.24, 2.45) is 34.1 Å². The van der Waals surface area contributed by atoms with E-state index in [2.05, 4.69) is 30.0 Å². The lowest BCUT2D eigenvalue weighted by molar-refractivity contribution is -0.139. The van der Waals surface area contributed by atoms with Gasteiger partial charge < -0.3 is 14.2 Å². The maximum absolute atomic E-state index is 15.2. The van der Waals surface area contributed by atoms with Crippen molar-refractivity contribution in [3.05, 3.63) is 34.9 Å². The molecule has 0 bridgehead atoms. The van der Waals surface area contributed by atoms with E-state index >= 15 is 4.79 Å². The van der Waals surface area contributed by atoms with Gasteiger partial charge in [0.25, 0.3) is 5.91 Å². The quantitative estimate of drug-likeness (QED) is 0.349. The molecule has 3 aliphatic heterocycles. The molecule has 6 nitrogen and oxygen atoms in total. The molecule has 2 spiro atoms. The van der Waals surface area contributed by atoms with E-state index in [1.807, 2.05) is 18.9 Å². The maximum atomic E-state index is 15.2. The zero-order valence-electron chi connectivity index (χ0n) is 25.8. The van der Waals surface area contributed by atoms with E-state index in [1.165, 1.54) is 29.5 Å². The van der Waals surface area contributed by atoms with Crippen molar-refractivity contribution in [2.45, 2.75) is 95.6 Å². The number of amidine groups is 1.